The van der Waals surface area contributed by atoms with Crippen molar-refractivity contribution in [1.82, 2.24) is 97.5 Å². The molecule has 1 saturated heterocycles. The van der Waals surface area contributed by atoms with Crippen molar-refractivity contribution in [1.29, 1.82) is 0 Å². The molecule has 1 aliphatic heterocycles. The van der Waals surface area contributed by atoms with Crippen LogP contribution in [0.3, 0.4) is 0 Å². The van der Waals surface area contributed by atoms with Gasteiger partial charge in [-0.15, -0.1) is 0 Å². The lowest BCUT2D eigenvalue weighted by Gasteiger charge is -2.26. The van der Waals surface area contributed by atoms with Crippen LogP contribution in [0.5, 0.6) is 0 Å². The van der Waals surface area contributed by atoms with E-state index >= 15 is 0 Å². The number of nitrogens with one attached hydrogen (secondary N) is 9. The smallest absolute Gasteiger partial charge is 0.275 e. The molecule has 15 rings (SSSR count). The van der Waals surface area contributed by atoms with E-state index < -0.39 is 95.0 Å². The zero-order chi connectivity index (χ0) is 110. The molecule has 0 atom stereocenters. The van der Waals surface area contributed by atoms with Crippen molar-refractivity contribution < 1.29 is 66.1 Å². The summed E-state index contributed by atoms with van der Waals surface area (Å²) in [5.41, 5.74) is 38.5. The zero-order valence-corrected chi connectivity index (χ0v) is 90.9. The van der Waals surface area contributed by atoms with Crippen molar-refractivity contribution in [2.75, 3.05) is 54.8 Å². The largest absolute Gasteiger partial charge is 0.393 e. The molecule has 4 aliphatic carbocycles. The average molecular weight is 2170 g/mol. The van der Waals surface area contributed by atoms with Crippen molar-refractivity contribution in [3.63, 3.8) is 0 Å². The van der Waals surface area contributed by atoms with Crippen molar-refractivity contribution in [2.24, 2.45) is 11.8 Å². The van der Waals surface area contributed by atoms with Gasteiger partial charge in [-0.05, 0) is 268 Å². The van der Waals surface area contributed by atoms with Crippen LogP contribution in [0.1, 0.15) is 190 Å². The van der Waals surface area contributed by atoms with E-state index in [4.69, 9.17) is 28.7 Å². The molecule has 19 N–H and O–H groups in total. The van der Waals surface area contributed by atoms with Crippen LogP contribution in [-0.4, -0.2) is 162 Å². The maximum absolute atomic E-state index is 12.8. The van der Waals surface area contributed by atoms with Gasteiger partial charge in [-0.3, -0.25) is 72.9 Å². The molecule has 10 aromatic rings. The summed E-state index contributed by atoms with van der Waals surface area (Å²) >= 11 is 0. The van der Waals surface area contributed by atoms with Crippen LogP contribution in [0.4, 0.5) is 28.4 Å². The Hall–Kier alpha value is -13.6. The Labute approximate surface area is 871 Å². The standard InChI is InChI=1S/C21H29N5O4S.3C20H27N5O4S.C19H25N5O4S/c1-13-7-8-17(15(3)25-13)11-23-19(27)12-26-14(2)9-18(20(22)21(26)28)31(29,30)24-10-16-5-4-6-16;1-12-4-7-16(14(3)24-12)10-22-18(26)11-25-13(2)8-17(19(21)20(25)27)30(28,29)23-9-15-5-6-15;1-13-6-7-16(15(3)23-13)11-22-18(26)12-25-14(2)10-17(19(21)20(25)27)30(28,29)24-8-4-5-9-24;1-12-7-8-15(14(3)23-12)10-22-18(26)11-25-13(2)9-17(19(21)20(25)27)30(28,29)24-16-5-4-6-16;1-11-4-5-14(13(3)22-11)9-21-17(25)10-24-12(2)8-16(18(20)19(24)26)29(27,28)23-15-6-7-15/h7-9,16,24H,4-6,10-12,22H2,1-3H3,(H,23,27);4,7-8,15,23H,5-6,9-11,21H2,1-3H3,(H,22,26);6-7,10H,4-5,8-9,11-12,21H2,1-3H3,(H,22,26);7-9,16,24H,4-6,10-11,21H2,1-3H3,(H,22,26);4-5,8,15,23H,6-7,9-10,20H2,1-3H3,(H,21,25). The molecule has 50 heteroatoms. The first kappa shape index (κ1) is 117. The molecule has 45 nitrogen and oxygen atoms in total. The molecule has 0 aromatic carbocycles. The highest BCUT2D eigenvalue weighted by atomic mass is 32.2. The Balaban J connectivity index is 0.000000178. The molecule has 4 saturated carbocycles. The maximum Gasteiger partial charge on any atom is 0.275 e. The van der Waals surface area contributed by atoms with E-state index in [0.717, 1.165) is 162 Å². The minimum Gasteiger partial charge on any atom is -0.393 e. The van der Waals surface area contributed by atoms with Gasteiger partial charge in [-0.25, -0.2) is 61.0 Å². The van der Waals surface area contributed by atoms with Crippen LogP contribution in [0.25, 0.3) is 0 Å². The van der Waals surface area contributed by atoms with E-state index in [1.807, 2.05) is 130 Å². The first-order valence-corrected chi connectivity index (χ1v) is 56.3. The number of aromatic nitrogens is 10. The van der Waals surface area contributed by atoms with Gasteiger partial charge in [0.15, 0.2) is 0 Å². The second-order valence-electron chi connectivity index (χ2n) is 38.3. The van der Waals surface area contributed by atoms with Crippen LogP contribution >= 0.6 is 0 Å². The number of pyridine rings is 10. The van der Waals surface area contributed by atoms with Gasteiger partial charge in [-0.2, -0.15) is 4.31 Å². The summed E-state index contributed by atoms with van der Waals surface area (Å²) in [6, 6.07) is 25.2. The van der Waals surface area contributed by atoms with Gasteiger partial charge < -0.3 is 78.1 Å². The number of carbonyl (C=O) groups is 5. The molecular weight excluding hydrogens is 2030 g/mol. The number of nitrogens with two attached hydrogens (primary N) is 5. The van der Waals surface area contributed by atoms with Gasteiger partial charge in [0.1, 0.15) is 85.6 Å². The molecule has 0 bridgehead atoms. The number of aryl methyl sites for hydroxylation is 15. The Morgan fingerprint density at radius 2 is 0.513 bits per heavy atom. The molecule has 150 heavy (non-hydrogen) atoms. The fraction of sp³-hybridized carbons (Fsp3) is 0.450. The highest BCUT2D eigenvalue weighted by molar-refractivity contribution is 7.90. The lowest BCUT2D eigenvalue weighted by Crippen LogP contribution is -2.41. The van der Waals surface area contributed by atoms with Gasteiger partial charge in [-0.1, -0.05) is 43.2 Å². The summed E-state index contributed by atoms with van der Waals surface area (Å²) in [5, 5.41) is 13.8. The minimum atomic E-state index is -3.90. The highest BCUT2D eigenvalue weighted by Crippen LogP contribution is 2.32. The molecule has 0 spiro atoms. The van der Waals surface area contributed by atoms with E-state index in [0.29, 0.717) is 66.5 Å². The SMILES string of the molecule is Cc1ccc(CNC(=O)Cn2c(C)cc(S(=O)(=O)N3CCCC3)c(N)c2=O)c(C)n1.Cc1ccc(CNC(=O)Cn2c(C)cc(S(=O)(=O)NC3CC3)c(N)c2=O)c(C)n1.Cc1ccc(CNC(=O)Cn2c(C)cc(S(=O)(=O)NC3CCC3)c(N)c2=O)c(C)n1.Cc1ccc(CNC(=O)Cn2c(C)cc(S(=O)(=O)NCC3CC3)c(N)c2=O)c(C)n1.Cc1ccc(CNC(=O)Cn2c(C)cc(S(=O)(=O)NCC3CCC3)c(N)c2=O)c(C)n1. The predicted molar refractivity (Wildman–Crippen MR) is 567 cm³/mol. The summed E-state index contributed by atoms with van der Waals surface area (Å²) in [5.74, 6) is -1.25. The Morgan fingerprint density at radius 3 is 0.727 bits per heavy atom. The third kappa shape index (κ3) is 30.6. The molecular formula is C100H135N25O20S5. The van der Waals surface area contributed by atoms with Crippen molar-refractivity contribution >= 4 is 108 Å². The number of nitrogens with zero attached hydrogens (tertiary/aromatic N) is 11. The second kappa shape index (κ2) is 49.9. The van der Waals surface area contributed by atoms with Crippen LogP contribution < -0.4 is 102 Å². The molecule has 810 valence electrons. The summed E-state index contributed by atoms with van der Waals surface area (Å²) in [6.07, 6.45) is 10.7. The van der Waals surface area contributed by atoms with Gasteiger partial charge in [0, 0.05) is 156 Å². The number of amides is 5. The molecule has 0 unspecified atom stereocenters. The average Bonchev–Trinajstić information content (AvgIpc) is 1.23. The number of nitrogen functional groups attached to an aromatic ring is 5. The highest BCUT2D eigenvalue weighted by Gasteiger charge is 2.36. The molecule has 5 fully saturated rings. The molecule has 11 heterocycles. The van der Waals surface area contributed by atoms with Crippen LogP contribution in [-0.2, 0) is 140 Å². The third-order valence-electron chi connectivity index (χ3n) is 26.3. The first-order chi connectivity index (χ1) is 70.4. The maximum atomic E-state index is 12.8. The Bertz CT molecular complexity index is 7780. The molecule has 5 aliphatic rings. The summed E-state index contributed by atoms with van der Waals surface area (Å²) < 4.78 is 143. The zero-order valence-electron chi connectivity index (χ0n) is 86.9. The fourth-order valence-electron chi connectivity index (χ4n) is 16.3. The Morgan fingerprint density at radius 1 is 0.293 bits per heavy atom. The van der Waals surface area contributed by atoms with Gasteiger partial charge >= 0.3 is 0 Å². The molecule has 0 radical (unpaired) electrons. The summed E-state index contributed by atoms with van der Waals surface area (Å²) in [4.78, 5) is 146. The first-order valence-electron chi connectivity index (χ1n) is 49.0. The predicted octanol–water partition coefficient (Wildman–Crippen LogP) is 4.16. The van der Waals surface area contributed by atoms with Gasteiger partial charge in [0.25, 0.3) is 27.8 Å². The van der Waals surface area contributed by atoms with Crippen LogP contribution in [0, 0.1) is 116 Å². The van der Waals surface area contributed by atoms with Crippen molar-refractivity contribution in [3.8, 4) is 0 Å². The van der Waals surface area contributed by atoms with Crippen LogP contribution in [0.15, 0.2) is 139 Å². The lowest BCUT2D eigenvalue weighted by atomic mass is 9.86. The van der Waals surface area contributed by atoms with E-state index in [-0.39, 0.29) is 143 Å². The summed E-state index contributed by atoms with van der Waals surface area (Å²) in [7, 11) is -19.4. The lowest BCUT2D eigenvalue weighted by molar-refractivity contribution is -0.122. The minimum absolute atomic E-state index is 0.104. The third-order valence-corrected chi connectivity index (χ3v) is 34.3. The number of rotatable bonds is 36. The van der Waals surface area contributed by atoms with Gasteiger partial charge in [0.05, 0.1) is 0 Å². The van der Waals surface area contributed by atoms with Gasteiger partial charge in [0.2, 0.25) is 79.7 Å². The normalized spacial score (nSPS) is 14.3. The van der Waals surface area contributed by atoms with E-state index in [1.165, 1.54) is 57.5 Å². The van der Waals surface area contributed by atoms with Crippen molar-refractivity contribution in [3.05, 3.63) is 256 Å². The Kier molecular flexibility index (Phi) is 38.8. The van der Waals surface area contributed by atoms with Crippen molar-refractivity contribution in [2.45, 2.75) is 283 Å². The number of hydrogen-bond acceptors (Lipinski definition) is 30. The number of sulfonamides is 5. The monoisotopic (exact) mass is 2170 g/mol. The molecule has 10 aromatic heterocycles. The van der Waals surface area contributed by atoms with E-state index in [2.05, 4.69) is 70.4 Å². The fourth-order valence-corrected chi connectivity index (χ4v) is 23.7. The molecule has 5 amide bonds. The number of anilines is 5. The number of hydrogen-bond donors (Lipinski definition) is 14. The summed E-state index contributed by atoms with van der Waals surface area (Å²) in [6.45, 7) is 28.2. The number of carbonyl (C=O) groups excluding carboxylic acids is 5. The van der Waals surface area contributed by atoms with Crippen LogP contribution in [0.2, 0.25) is 0 Å². The topological polar surface area (TPSA) is 672 Å². The second-order valence-corrected chi connectivity index (χ2v) is 47.1. The quantitative estimate of drug-likeness (QED) is 0.0262. The van der Waals surface area contributed by atoms with E-state index in [1.54, 1.807) is 34.6 Å². The van der Waals surface area contributed by atoms with E-state index in [9.17, 15) is 90.0 Å².